The van der Waals surface area contributed by atoms with Crippen molar-refractivity contribution < 1.29 is 78.4 Å². The molecule has 6 aromatic heterocycles. The second-order valence-electron chi connectivity index (χ2n) is 11.4. The van der Waals surface area contributed by atoms with Crippen LogP contribution >= 0.6 is 0 Å². The number of halogens is 12. The molecule has 0 spiro atoms. The SMILES string of the molecule is Cc1nccn1C.Cc1nccn1C.Cc1nccn1C.Cc1nccn1C.Cc1nccn1C.Cc1nccn1C.[Cu+2].[Cu+2].[F][Sb-]([F])([F])([F])([F])[F].[F][Sb-]([F])([F])([F])([F])[F].[O-][O-]. The summed E-state index contributed by atoms with van der Waals surface area (Å²) in [6, 6.07) is 0. The fourth-order valence-corrected chi connectivity index (χ4v) is 2.64. The van der Waals surface area contributed by atoms with Gasteiger partial charge in [-0.05, 0) is 41.5 Å². The Bertz CT molecular complexity index is 1570. The fraction of sp³-hybridized carbons (Fsp3) is 0.400. The van der Waals surface area contributed by atoms with E-state index < -0.39 is 39.0 Å². The van der Waals surface area contributed by atoms with Crippen LogP contribution in [0.5, 0.6) is 0 Å². The van der Waals surface area contributed by atoms with E-state index in [0.29, 0.717) is 0 Å². The largest absolute Gasteiger partial charge is 1.00 e. The molecular weight excluding hydrogens is 1160 g/mol. The molecule has 0 fully saturated rings. The maximum atomic E-state index is 9.93. The van der Waals surface area contributed by atoms with Crippen molar-refractivity contribution in [3.8, 4) is 0 Å². The molecular formula is C30H48Cu2F12N12O2Sb2. The molecule has 0 aliphatic heterocycles. The van der Waals surface area contributed by atoms with Gasteiger partial charge in [0.15, 0.2) is 0 Å². The third-order valence-electron chi connectivity index (χ3n) is 6.37. The van der Waals surface area contributed by atoms with Crippen LogP contribution in [-0.2, 0) is 76.4 Å². The first-order valence-electron chi connectivity index (χ1n) is 15.7. The summed E-state index contributed by atoms with van der Waals surface area (Å²) < 4.78 is 131. The number of imidazole rings is 6. The maximum Gasteiger partial charge on any atom is -1.00 e. The minimum absolute atomic E-state index is 0. The summed E-state index contributed by atoms with van der Waals surface area (Å²) in [7, 11) is 11.8. The van der Waals surface area contributed by atoms with E-state index in [2.05, 4.69) is 29.9 Å². The van der Waals surface area contributed by atoms with E-state index in [1.54, 1.807) is 37.2 Å². The van der Waals surface area contributed by atoms with Crippen LogP contribution in [-0.4, -0.2) is 96.3 Å². The van der Waals surface area contributed by atoms with Crippen LogP contribution in [0.4, 0.5) is 33.8 Å². The van der Waals surface area contributed by atoms with Gasteiger partial charge in [0.25, 0.3) is 0 Å². The van der Waals surface area contributed by atoms with Crippen molar-refractivity contribution in [3.05, 3.63) is 109 Å². The molecule has 2 radical (unpaired) electrons. The van der Waals surface area contributed by atoms with E-state index in [0.717, 1.165) is 34.9 Å². The summed E-state index contributed by atoms with van der Waals surface area (Å²) in [5.41, 5.74) is 0. The molecule has 0 unspecified atom stereocenters. The van der Waals surface area contributed by atoms with Crippen LogP contribution in [0.15, 0.2) is 74.4 Å². The topological polar surface area (TPSA) is 153 Å². The van der Waals surface area contributed by atoms with E-state index in [-0.39, 0.29) is 34.1 Å². The summed E-state index contributed by atoms with van der Waals surface area (Å²) in [6.07, 6.45) is 22.3. The van der Waals surface area contributed by atoms with Gasteiger partial charge in [-0.25, -0.2) is 29.9 Å². The Morgan fingerprint density at radius 2 is 0.400 bits per heavy atom. The number of aryl methyl sites for hydroxylation is 12. The van der Waals surface area contributed by atoms with E-state index in [4.69, 9.17) is 10.5 Å². The van der Waals surface area contributed by atoms with Gasteiger partial charge >= 0.3 is 107 Å². The Balaban J connectivity index is -0.000000190. The van der Waals surface area contributed by atoms with E-state index >= 15 is 0 Å². The van der Waals surface area contributed by atoms with Crippen LogP contribution < -0.4 is 10.5 Å². The molecule has 356 valence electrons. The second-order valence-corrected chi connectivity index (χ2v) is 22.4. The molecule has 14 nitrogen and oxygen atoms in total. The van der Waals surface area contributed by atoms with Crippen LogP contribution in [0.1, 0.15) is 34.9 Å². The van der Waals surface area contributed by atoms with Crippen molar-refractivity contribution in [2.75, 3.05) is 0 Å². The minimum Gasteiger partial charge on any atom is -1.00 e. The fourth-order valence-electron chi connectivity index (χ4n) is 2.64. The second kappa shape index (κ2) is 25.8. The number of nitrogens with zero attached hydrogens (tertiary/aromatic N) is 12. The van der Waals surface area contributed by atoms with E-state index in [1.165, 1.54) is 0 Å². The van der Waals surface area contributed by atoms with Crippen LogP contribution in [0.2, 0.25) is 0 Å². The average molecular weight is 1210 g/mol. The summed E-state index contributed by atoms with van der Waals surface area (Å²) >= 11 is -22.5. The maximum absolute atomic E-state index is 11.2. The van der Waals surface area contributed by atoms with Crippen molar-refractivity contribution in [1.82, 2.24) is 57.3 Å². The normalized spacial score (nSPS) is 12.1. The van der Waals surface area contributed by atoms with Crippen molar-refractivity contribution in [3.63, 3.8) is 0 Å². The van der Waals surface area contributed by atoms with Crippen LogP contribution in [0.3, 0.4) is 0 Å². The summed E-state index contributed by atoms with van der Waals surface area (Å²) in [5.74, 6) is 6.33. The van der Waals surface area contributed by atoms with Crippen LogP contribution in [0, 0.1) is 41.5 Å². The van der Waals surface area contributed by atoms with Crippen LogP contribution in [0.25, 0.3) is 0 Å². The Morgan fingerprint density at radius 3 is 0.417 bits per heavy atom. The summed E-state index contributed by atoms with van der Waals surface area (Å²) in [6.45, 7) is 11.8. The zero-order valence-electron chi connectivity index (χ0n) is 34.1. The van der Waals surface area contributed by atoms with E-state index in [1.807, 2.05) is 148 Å². The molecule has 0 bridgehead atoms. The van der Waals surface area contributed by atoms with Gasteiger partial charge in [0, 0.05) is 117 Å². The monoisotopic (exact) mass is 1200 g/mol. The third-order valence-corrected chi connectivity index (χ3v) is 6.37. The van der Waals surface area contributed by atoms with Gasteiger partial charge in [-0.2, -0.15) is 0 Å². The molecule has 0 atom stereocenters. The van der Waals surface area contributed by atoms with Crippen molar-refractivity contribution in [1.29, 1.82) is 0 Å². The first-order valence-corrected chi connectivity index (χ1v) is 27.2. The van der Waals surface area contributed by atoms with Crippen molar-refractivity contribution in [2.24, 2.45) is 42.3 Å². The van der Waals surface area contributed by atoms with Gasteiger partial charge in [0.05, 0.1) is 0 Å². The zero-order chi connectivity index (χ0) is 46.5. The molecule has 0 saturated heterocycles. The molecule has 0 amide bonds. The Hall–Kier alpha value is -2.98. The average Bonchev–Trinajstić information content (AvgIpc) is 3.92. The molecule has 0 aliphatic carbocycles. The third kappa shape index (κ3) is 49.4. The predicted molar refractivity (Wildman–Crippen MR) is 192 cm³/mol. The number of rotatable bonds is 0. The molecule has 0 N–H and O–H groups in total. The smallest absolute Gasteiger partial charge is 1.00 e. The predicted octanol–water partition coefficient (Wildman–Crippen LogP) is 6.27. The standard InChI is InChI=1S/6C5H8N2.2Cu.12FH.O2.2Sb/c6*1-5-6-3-4-7(5)2;;;;;;;;;;;;;;;1-2;;/h6*3-4H,1-2H3;;;12*1H;;;/q;;;;;;2*+2;;;;;;;;;;;;;-2;2*+5/p-12. The van der Waals surface area contributed by atoms with Gasteiger partial charge in [-0.3, -0.25) is 0 Å². The Kier molecular flexibility index (Phi) is 28.5. The minimum atomic E-state index is -11.2. The van der Waals surface area contributed by atoms with Crippen molar-refractivity contribution in [2.45, 2.75) is 41.5 Å². The van der Waals surface area contributed by atoms with Gasteiger partial charge in [0.1, 0.15) is 34.9 Å². The number of aromatic nitrogens is 12. The summed E-state index contributed by atoms with van der Waals surface area (Å²) in [5, 5.41) is 14.0. The first kappa shape index (κ1) is 66.1. The van der Waals surface area contributed by atoms with Gasteiger partial charge in [0.2, 0.25) is 0 Å². The van der Waals surface area contributed by atoms with Gasteiger partial charge < -0.3 is 37.9 Å². The molecule has 6 heterocycles. The molecule has 0 aromatic carbocycles. The number of hydrogen-bond acceptors (Lipinski definition) is 8. The van der Waals surface area contributed by atoms with Gasteiger partial charge in [-0.1, -0.05) is 0 Å². The molecule has 0 aliphatic rings. The molecule has 30 heteroatoms. The number of hydrogen-bond donors (Lipinski definition) is 0. The first-order chi connectivity index (χ1) is 25.7. The van der Waals surface area contributed by atoms with Crippen molar-refractivity contribution >= 4 is 39.0 Å². The Labute approximate surface area is 365 Å². The van der Waals surface area contributed by atoms with Gasteiger partial charge in [-0.15, -0.1) is 0 Å². The molecule has 6 aromatic rings. The van der Waals surface area contributed by atoms with E-state index in [9.17, 15) is 33.8 Å². The quantitative estimate of drug-likeness (QED) is 0.0748. The Morgan fingerprint density at radius 1 is 0.317 bits per heavy atom. The zero-order valence-corrected chi connectivity index (χ0v) is 41.1. The molecule has 60 heavy (non-hydrogen) atoms. The molecule has 0 saturated carbocycles. The summed E-state index contributed by atoms with van der Waals surface area (Å²) in [4.78, 5) is 23.9. The molecule has 6 rings (SSSR count).